The standard InChI is InChI=1S/C18H29NO2/c1-18(2,3)11-12-21-17(13-19-14-9-10-14)15-7-5-6-8-16(15)20-4/h5-8,14,17,19H,9-13H2,1-4H3. The molecule has 0 bridgehead atoms. The SMILES string of the molecule is COc1ccccc1C(CNC1CC1)OCCC(C)(C)C. The molecular formula is C18H29NO2. The smallest absolute Gasteiger partial charge is 0.124 e. The fourth-order valence-electron chi connectivity index (χ4n) is 2.26. The van der Waals surface area contributed by atoms with Crippen LogP contribution in [0.5, 0.6) is 5.75 Å². The summed E-state index contributed by atoms with van der Waals surface area (Å²) < 4.78 is 11.7. The Morgan fingerprint density at radius 3 is 2.57 bits per heavy atom. The lowest BCUT2D eigenvalue weighted by Gasteiger charge is -2.24. The van der Waals surface area contributed by atoms with Gasteiger partial charge in [-0.05, 0) is 30.7 Å². The Balaban J connectivity index is 1.99. The Kier molecular flexibility index (Phi) is 5.65. The topological polar surface area (TPSA) is 30.5 Å². The summed E-state index contributed by atoms with van der Waals surface area (Å²) in [6.07, 6.45) is 3.70. The van der Waals surface area contributed by atoms with Gasteiger partial charge in [0.1, 0.15) is 5.75 Å². The molecule has 1 fully saturated rings. The highest BCUT2D eigenvalue weighted by molar-refractivity contribution is 5.35. The van der Waals surface area contributed by atoms with Gasteiger partial charge in [-0.3, -0.25) is 0 Å². The van der Waals surface area contributed by atoms with E-state index in [1.54, 1.807) is 7.11 Å². The van der Waals surface area contributed by atoms with E-state index in [4.69, 9.17) is 9.47 Å². The molecule has 118 valence electrons. The molecule has 1 N–H and O–H groups in total. The molecular weight excluding hydrogens is 262 g/mol. The van der Waals surface area contributed by atoms with Crippen LogP contribution in [0.3, 0.4) is 0 Å². The third-order valence-electron chi connectivity index (χ3n) is 3.83. The third kappa shape index (κ3) is 5.68. The van der Waals surface area contributed by atoms with E-state index in [0.29, 0.717) is 11.5 Å². The maximum absolute atomic E-state index is 6.18. The molecule has 0 spiro atoms. The van der Waals surface area contributed by atoms with Gasteiger partial charge in [-0.2, -0.15) is 0 Å². The molecule has 0 radical (unpaired) electrons. The molecule has 1 aliphatic rings. The zero-order chi connectivity index (χ0) is 15.3. The van der Waals surface area contributed by atoms with E-state index in [1.807, 2.05) is 12.1 Å². The predicted molar refractivity (Wildman–Crippen MR) is 86.8 cm³/mol. The van der Waals surface area contributed by atoms with Crippen LogP contribution in [-0.2, 0) is 4.74 Å². The average molecular weight is 291 g/mol. The van der Waals surface area contributed by atoms with Gasteiger partial charge in [-0.15, -0.1) is 0 Å². The summed E-state index contributed by atoms with van der Waals surface area (Å²) in [4.78, 5) is 0. The van der Waals surface area contributed by atoms with E-state index in [-0.39, 0.29) is 6.10 Å². The lowest BCUT2D eigenvalue weighted by molar-refractivity contribution is 0.0353. The summed E-state index contributed by atoms with van der Waals surface area (Å²) in [7, 11) is 1.72. The van der Waals surface area contributed by atoms with Crippen molar-refractivity contribution in [1.29, 1.82) is 0 Å². The molecule has 3 nitrogen and oxygen atoms in total. The van der Waals surface area contributed by atoms with Crippen LogP contribution in [-0.4, -0.2) is 26.3 Å². The molecule has 1 atom stereocenters. The Hall–Kier alpha value is -1.06. The van der Waals surface area contributed by atoms with Crippen molar-refractivity contribution in [2.45, 2.75) is 52.2 Å². The lowest BCUT2D eigenvalue weighted by atomic mass is 9.93. The summed E-state index contributed by atoms with van der Waals surface area (Å²) >= 11 is 0. The number of rotatable bonds is 8. The summed E-state index contributed by atoms with van der Waals surface area (Å²) in [5, 5.41) is 3.57. The van der Waals surface area contributed by atoms with Gasteiger partial charge in [-0.1, -0.05) is 39.0 Å². The minimum atomic E-state index is 0.0594. The zero-order valence-electron chi connectivity index (χ0n) is 13.8. The monoisotopic (exact) mass is 291 g/mol. The number of nitrogens with one attached hydrogen (secondary N) is 1. The summed E-state index contributed by atoms with van der Waals surface area (Å²) in [5.74, 6) is 0.913. The van der Waals surface area contributed by atoms with E-state index < -0.39 is 0 Å². The molecule has 1 aromatic rings. The number of benzene rings is 1. The maximum Gasteiger partial charge on any atom is 0.124 e. The fourth-order valence-corrected chi connectivity index (χ4v) is 2.26. The van der Waals surface area contributed by atoms with Crippen LogP contribution < -0.4 is 10.1 Å². The van der Waals surface area contributed by atoms with Crippen LogP contribution in [0.1, 0.15) is 51.7 Å². The molecule has 0 amide bonds. The maximum atomic E-state index is 6.18. The first-order chi connectivity index (χ1) is 9.99. The number of hydrogen-bond acceptors (Lipinski definition) is 3. The molecule has 3 heteroatoms. The van der Waals surface area contributed by atoms with Crippen LogP contribution in [0.4, 0.5) is 0 Å². The van der Waals surface area contributed by atoms with E-state index in [0.717, 1.165) is 30.9 Å². The van der Waals surface area contributed by atoms with Gasteiger partial charge < -0.3 is 14.8 Å². The summed E-state index contributed by atoms with van der Waals surface area (Å²) in [5.41, 5.74) is 1.44. The van der Waals surface area contributed by atoms with Gasteiger partial charge in [0.05, 0.1) is 13.2 Å². The Bertz CT molecular complexity index is 435. The molecule has 1 aliphatic carbocycles. The van der Waals surface area contributed by atoms with Crippen molar-refractivity contribution in [3.63, 3.8) is 0 Å². The molecule has 1 aromatic carbocycles. The van der Waals surface area contributed by atoms with Crippen molar-refractivity contribution in [1.82, 2.24) is 5.32 Å². The highest BCUT2D eigenvalue weighted by Gasteiger charge is 2.24. The van der Waals surface area contributed by atoms with Gasteiger partial charge in [0.2, 0.25) is 0 Å². The molecule has 1 saturated carbocycles. The quantitative estimate of drug-likeness (QED) is 0.787. The average Bonchev–Trinajstić information content (AvgIpc) is 3.25. The van der Waals surface area contributed by atoms with Gasteiger partial charge in [0.15, 0.2) is 0 Å². The van der Waals surface area contributed by atoms with Crippen molar-refractivity contribution in [2.24, 2.45) is 5.41 Å². The predicted octanol–water partition coefficient (Wildman–Crippen LogP) is 3.94. The van der Waals surface area contributed by atoms with Crippen LogP contribution in [0.25, 0.3) is 0 Å². The van der Waals surface area contributed by atoms with Gasteiger partial charge >= 0.3 is 0 Å². The molecule has 1 unspecified atom stereocenters. The van der Waals surface area contributed by atoms with E-state index in [1.165, 1.54) is 12.8 Å². The minimum absolute atomic E-state index is 0.0594. The third-order valence-corrected chi connectivity index (χ3v) is 3.83. The first-order valence-electron chi connectivity index (χ1n) is 7.97. The molecule has 2 rings (SSSR count). The van der Waals surface area contributed by atoms with Crippen molar-refractivity contribution >= 4 is 0 Å². The lowest BCUT2D eigenvalue weighted by Crippen LogP contribution is -2.26. The van der Waals surface area contributed by atoms with Crippen molar-refractivity contribution in [2.75, 3.05) is 20.3 Å². The van der Waals surface area contributed by atoms with Gasteiger partial charge in [0, 0.05) is 24.8 Å². The van der Waals surface area contributed by atoms with Crippen LogP contribution in [0.2, 0.25) is 0 Å². The van der Waals surface area contributed by atoms with Crippen LogP contribution in [0.15, 0.2) is 24.3 Å². The Morgan fingerprint density at radius 1 is 1.24 bits per heavy atom. The highest BCUT2D eigenvalue weighted by Crippen LogP contribution is 2.29. The fraction of sp³-hybridized carbons (Fsp3) is 0.667. The van der Waals surface area contributed by atoms with Gasteiger partial charge in [0.25, 0.3) is 0 Å². The van der Waals surface area contributed by atoms with Crippen molar-refractivity contribution in [3.05, 3.63) is 29.8 Å². The minimum Gasteiger partial charge on any atom is -0.496 e. The van der Waals surface area contributed by atoms with Gasteiger partial charge in [-0.25, -0.2) is 0 Å². The van der Waals surface area contributed by atoms with Crippen LogP contribution in [0, 0.1) is 5.41 Å². The summed E-state index contributed by atoms with van der Waals surface area (Å²) in [6.45, 7) is 8.37. The van der Waals surface area contributed by atoms with Crippen molar-refractivity contribution in [3.8, 4) is 5.75 Å². The first kappa shape index (κ1) is 16.3. The molecule has 21 heavy (non-hydrogen) atoms. The largest absolute Gasteiger partial charge is 0.496 e. The van der Waals surface area contributed by atoms with E-state index in [2.05, 4.69) is 38.2 Å². The normalized spacial score (nSPS) is 16.8. The van der Waals surface area contributed by atoms with Crippen LogP contribution >= 0.6 is 0 Å². The number of methoxy groups -OCH3 is 1. The van der Waals surface area contributed by atoms with E-state index >= 15 is 0 Å². The second-order valence-electron chi connectivity index (χ2n) is 7.09. The number of ether oxygens (including phenoxy) is 2. The first-order valence-corrected chi connectivity index (χ1v) is 7.97. The molecule has 0 saturated heterocycles. The molecule has 0 aromatic heterocycles. The molecule has 0 heterocycles. The zero-order valence-corrected chi connectivity index (χ0v) is 13.8. The second kappa shape index (κ2) is 7.28. The summed E-state index contributed by atoms with van der Waals surface area (Å²) in [6, 6.07) is 8.85. The van der Waals surface area contributed by atoms with Crippen molar-refractivity contribution < 1.29 is 9.47 Å². The number of para-hydroxylation sites is 1. The Labute approximate surface area is 129 Å². The highest BCUT2D eigenvalue weighted by atomic mass is 16.5. The van der Waals surface area contributed by atoms with E-state index in [9.17, 15) is 0 Å². The molecule has 0 aliphatic heterocycles. The number of hydrogen-bond donors (Lipinski definition) is 1. The second-order valence-corrected chi connectivity index (χ2v) is 7.09. The Morgan fingerprint density at radius 2 is 1.95 bits per heavy atom.